The molecule has 2 unspecified atom stereocenters. The molecule has 0 aromatic carbocycles. The number of aliphatic hydroxyl groups excluding tert-OH is 1. The molecule has 5 atom stereocenters. The van der Waals surface area contributed by atoms with Gasteiger partial charge in [0.25, 0.3) is 0 Å². The highest BCUT2D eigenvalue weighted by Crippen LogP contribution is 2.64. The van der Waals surface area contributed by atoms with Gasteiger partial charge in [-0.15, -0.1) is 13.2 Å². The van der Waals surface area contributed by atoms with Crippen LogP contribution in [0.1, 0.15) is 51.9 Å². The predicted octanol–water partition coefficient (Wildman–Crippen LogP) is 1.77. The lowest BCUT2D eigenvalue weighted by Crippen LogP contribution is -2.57. The van der Waals surface area contributed by atoms with Gasteiger partial charge in [-0.1, -0.05) is 19.1 Å². The molecule has 4 fully saturated rings. The zero-order valence-corrected chi connectivity index (χ0v) is 24.1. The standard InChI is InChI=1S/C30H47N3O7/c1-4-7-10-20-39-28(37)24-23-26(35)33(14-8-9-19-34)25(30(23)12-11-29(24,6-3)40-30)27(36)32(13-5-2)16-15-31-17-21-38-22-18-31/h4-5,23-25,34H,1-2,6-22H2,3H3/t23-,24-,25?,29+,30?/m0/s1. The molecule has 2 bridgehead atoms. The minimum Gasteiger partial charge on any atom is -0.465 e. The Hall–Kier alpha value is -2.27. The van der Waals surface area contributed by atoms with Crippen LogP contribution in [0.25, 0.3) is 0 Å². The van der Waals surface area contributed by atoms with Gasteiger partial charge in [0.05, 0.1) is 31.3 Å². The third-order valence-corrected chi connectivity index (χ3v) is 9.22. The van der Waals surface area contributed by atoms with Crippen LogP contribution in [0.3, 0.4) is 0 Å². The Kier molecular flexibility index (Phi) is 10.4. The Morgan fingerprint density at radius 3 is 2.60 bits per heavy atom. The van der Waals surface area contributed by atoms with E-state index in [-0.39, 0.29) is 25.0 Å². The van der Waals surface area contributed by atoms with Crippen LogP contribution in [0.4, 0.5) is 0 Å². The largest absolute Gasteiger partial charge is 0.465 e. The van der Waals surface area contributed by atoms with Gasteiger partial charge in [-0.05, 0) is 44.9 Å². The van der Waals surface area contributed by atoms with Gasteiger partial charge in [-0.25, -0.2) is 0 Å². The molecule has 224 valence electrons. The van der Waals surface area contributed by atoms with Crippen LogP contribution in [0.5, 0.6) is 0 Å². The summed E-state index contributed by atoms with van der Waals surface area (Å²) in [5.41, 5.74) is -1.89. The molecule has 4 heterocycles. The SMILES string of the molecule is C=CCCCOC(=O)[C@@H]1[C@H]2C(=O)N(CCCCO)C(C(=O)N(CC=C)CCN3CCOCC3)C23CC[C@@]1(CC)O3. The van der Waals surface area contributed by atoms with Crippen molar-refractivity contribution in [2.24, 2.45) is 11.8 Å². The fourth-order valence-electron chi connectivity index (χ4n) is 7.19. The lowest BCUT2D eigenvalue weighted by molar-refractivity contribution is -0.162. The highest BCUT2D eigenvalue weighted by atomic mass is 16.6. The number of esters is 1. The lowest BCUT2D eigenvalue weighted by atomic mass is 9.65. The number of nitrogens with zero attached hydrogens (tertiary/aromatic N) is 3. The number of hydrogen-bond acceptors (Lipinski definition) is 8. The number of ether oxygens (including phenoxy) is 3. The van der Waals surface area contributed by atoms with Crippen molar-refractivity contribution in [3.8, 4) is 0 Å². The van der Waals surface area contributed by atoms with Crippen molar-refractivity contribution in [1.82, 2.24) is 14.7 Å². The average molecular weight is 562 g/mol. The maximum absolute atomic E-state index is 14.4. The van der Waals surface area contributed by atoms with E-state index in [1.807, 2.05) is 6.92 Å². The first-order valence-corrected chi connectivity index (χ1v) is 15.0. The minimum atomic E-state index is -1.08. The summed E-state index contributed by atoms with van der Waals surface area (Å²) in [5, 5.41) is 9.40. The minimum absolute atomic E-state index is 0.00641. The number of amides is 2. The van der Waals surface area contributed by atoms with Crippen molar-refractivity contribution in [2.75, 3.05) is 65.7 Å². The average Bonchev–Trinajstić information content (AvgIpc) is 3.57. The number of hydrogen-bond donors (Lipinski definition) is 1. The number of fused-ring (bicyclic) bond motifs is 1. The Balaban J connectivity index is 1.63. The van der Waals surface area contributed by atoms with Crippen LogP contribution in [-0.4, -0.2) is 121 Å². The van der Waals surface area contributed by atoms with E-state index in [9.17, 15) is 19.5 Å². The van der Waals surface area contributed by atoms with Gasteiger partial charge in [-0.3, -0.25) is 19.3 Å². The summed E-state index contributed by atoms with van der Waals surface area (Å²) >= 11 is 0. The molecular weight excluding hydrogens is 514 g/mol. The maximum Gasteiger partial charge on any atom is 0.312 e. The molecule has 0 aromatic heterocycles. The van der Waals surface area contributed by atoms with Crippen molar-refractivity contribution in [1.29, 1.82) is 0 Å². The van der Waals surface area contributed by atoms with E-state index in [1.54, 1.807) is 22.0 Å². The number of carbonyl (C=O) groups excluding carboxylic acids is 3. The number of likely N-dealkylation sites (tertiary alicyclic amines) is 1. The molecular formula is C30H47N3O7. The van der Waals surface area contributed by atoms with E-state index in [0.29, 0.717) is 77.9 Å². The van der Waals surface area contributed by atoms with Crippen LogP contribution in [0.2, 0.25) is 0 Å². The first-order chi connectivity index (χ1) is 19.4. The van der Waals surface area contributed by atoms with E-state index < -0.39 is 35.0 Å². The summed E-state index contributed by atoms with van der Waals surface area (Å²) in [6.45, 7) is 14.7. The third-order valence-electron chi connectivity index (χ3n) is 9.22. The van der Waals surface area contributed by atoms with Gasteiger partial charge in [0.15, 0.2) is 0 Å². The predicted molar refractivity (Wildman–Crippen MR) is 149 cm³/mol. The summed E-state index contributed by atoms with van der Waals surface area (Å²) in [6, 6.07) is -0.833. The summed E-state index contributed by atoms with van der Waals surface area (Å²) in [6.07, 6.45) is 7.67. The molecule has 4 rings (SSSR count). The number of carbonyl (C=O) groups is 3. The van der Waals surface area contributed by atoms with E-state index in [4.69, 9.17) is 14.2 Å². The van der Waals surface area contributed by atoms with E-state index in [0.717, 1.165) is 19.5 Å². The Bertz CT molecular complexity index is 938. The Labute approximate surface area is 238 Å². The first-order valence-electron chi connectivity index (χ1n) is 15.0. The number of morpholine rings is 1. The summed E-state index contributed by atoms with van der Waals surface area (Å²) in [5.74, 6) is -2.31. The van der Waals surface area contributed by atoms with Crippen molar-refractivity contribution < 1.29 is 33.7 Å². The quantitative estimate of drug-likeness (QED) is 0.173. The zero-order chi connectivity index (χ0) is 28.8. The molecule has 0 aromatic rings. The van der Waals surface area contributed by atoms with Crippen LogP contribution >= 0.6 is 0 Å². The Morgan fingerprint density at radius 1 is 1.15 bits per heavy atom. The van der Waals surface area contributed by atoms with E-state index in [2.05, 4.69) is 18.1 Å². The summed E-state index contributed by atoms with van der Waals surface area (Å²) in [4.78, 5) is 47.8. The van der Waals surface area contributed by atoms with Crippen molar-refractivity contribution in [2.45, 2.75) is 69.1 Å². The van der Waals surface area contributed by atoms with Gasteiger partial charge >= 0.3 is 5.97 Å². The number of rotatable bonds is 16. The van der Waals surface area contributed by atoms with E-state index >= 15 is 0 Å². The van der Waals surface area contributed by atoms with Gasteiger partial charge in [0, 0.05) is 45.9 Å². The molecule has 40 heavy (non-hydrogen) atoms. The van der Waals surface area contributed by atoms with Crippen molar-refractivity contribution in [3.63, 3.8) is 0 Å². The van der Waals surface area contributed by atoms with Crippen LogP contribution in [0.15, 0.2) is 25.3 Å². The Morgan fingerprint density at radius 2 is 1.93 bits per heavy atom. The molecule has 4 saturated heterocycles. The fourth-order valence-corrected chi connectivity index (χ4v) is 7.19. The molecule has 1 N–H and O–H groups in total. The maximum atomic E-state index is 14.4. The molecule has 0 aliphatic carbocycles. The van der Waals surface area contributed by atoms with Gasteiger partial charge in [0.1, 0.15) is 17.6 Å². The van der Waals surface area contributed by atoms with Crippen molar-refractivity contribution >= 4 is 17.8 Å². The number of aliphatic hydroxyl groups is 1. The topological polar surface area (TPSA) is 109 Å². The molecule has 4 aliphatic rings. The fraction of sp³-hybridized carbons (Fsp3) is 0.767. The molecule has 0 radical (unpaired) electrons. The lowest BCUT2D eigenvalue weighted by Gasteiger charge is -2.37. The highest BCUT2D eigenvalue weighted by Gasteiger charge is 2.79. The summed E-state index contributed by atoms with van der Waals surface area (Å²) < 4.78 is 18.0. The van der Waals surface area contributed by atoms with E-state index in [1.165, 1.54) is 0 Å². The zero-order valence-electron chi connectivity index (χ0n) is 24.1. The van der Waals surface area contributed by atoms with Crippen molar-refractivity contribution in [3.05, 3.63) is 25.3 Å². The molecule has 4 aliphatic heterocycles. The third kappa shape index (κ3) is 5.73. The monoisotopic (exact) mass is 561 g/mol. The van der Waals surface area contributed by atoms with Crippen LogP contribution in [-0.2, 0) is 28.6 Å². The van der Waals surface area contributed by atoms with Crippen LogP contribution < -0.4 is 0 Å². The second-order valence-electron chi connectivity index (χ2n) is 11.4. The molecule has 10 nitrogen and oxygen atoms in total. The van der Waals surface area contributed by atoms with Crippen LogP contribution in [0, 0.1) is 11.8 Å². The van der Waals surface area contributed by atoms with Gasteiger partial charge < -0.3 is 29.1 Å². The second kappa shape index (κ2) is 13.6. The second-order valence-corrected chi connectivity index (χ2v) is 11.4. The highest BCUT2D eigenvalue weighted by molar-refractivity contribution is 5.98. The molecule has 0 saturated carbocycles. The van der Waals surface area contributed by atoms with Gasteiger partial charge in [0.2, 0.25) is 11.8 Å². The van der Waals surface area contributed by atoms with Gasteiger partial charge in [-0.2, -0.15) is 0 Å². The first kappa shape index (κ1) is 30.7. The normalized spacial score (nSPS) is 31.3. The smallest absolute Gasteiger partial charge is 0.312 e. The molecule has 1 spiro atoms. The summed E-state index contributed by atoms with van der Waals surface area (Å²) in [7, 11) is 0. The number of unbranched alkanes of at least 4 members (excludes halogenated alkanes) is 2. The molecule has 10 heteroatoms. The number of allylic oxidation sites excluding steroid dienone is 1. The molecule has 2 amide bonds.